The summed E-state index contributed by atoms with van der Waals surface area (Å²) in [5.74, 6) is -1.05. The molecule has 37 heavy (non-hydrogen) atoms. The normalized spacial score (nSPS) is 17.8. The summed E-state index contributed by atoms with van der Waals surface area (Å²) in [4.78, 5) is 23.5. The molecule has 1 N–H and O–H groups in total. The van der Waals surface area contributed by atoms with Gasteiger partial charge in [0.1, 0.15) is 10.4 Å². The lowest BCUT2D eigenvalue weighted by Crippen LogP contribution is -2.27. The molecule has 0 aliphatic carbocycles. The van der Waals surface area contributed by atoms with Crippen LogP contribution in [0.3, 0.4) is 0 Å². The lowest BCUT2D eigenvalue weighted by molar-refractivity contribution is -0.137. The largest absolute Gasteiger partial charge is 0.420 e. The van der Waals surface area contributed by atoms with Crippen molar-refractivity contribution in [1.29, 1.82) is 0 Å². The molecule has 1 aromatic carbocycles. The second-order valence-corrected chi connectivity index (χ2v) is 12.6. The van der Waals surface area contributed by atoms with Gasteiger partial charge in [-0.1, -0.05) is 11.6 Å². The smallest absolute Gasteiger partial charge is 0.340 e. The SMILES string of the molecule is CN1CCc2cc(Cl)c(Nc3ncc(C(F)(F)F)c(-c4cc5c(s4)C(=O)N(C)CCS5(=O)=O)n3)cc2C1. The summed E-state index contributed by atoms with van der Waals surface area (Å²) in [5.41, 5.74) is 0.886. The first kappa shape index (κ1) is 25.9. The summed E-state index contributed by atoms with van der Waals surface area (Å²) in [7, 11) is -0.439. The molecular formula is C23H21ClF3N5O3S2. The Labute approximate surface area is 220 Å². The lowest BCUT2D eigenvalue weighted by atomic mass is 9.99. The summed E-state index contributed by atoms with van der Waals surface area (Å²) < 4.78 is 67.2. The molecule has 2 aliphatic rings. The predicted octanol–water partition coefficient (Wildman–Crippen LogP) is 4.47. The number of sulfone groups is 1. The summed E-state index contributed by atoms with van der Waals surface area (Å²) in [6, 6.07) is 4.73. The number of halogens is 4. The number of nitrogens with zero attached hydrogens (tertiary/aromatic N) is 4. The number of carbonyl (C=O) groups excluding carboxylic acids is 1. The molecule has 14 heteroatoms. The first-order chi connectivity index (χ1) is 17.3. The van der Waals surface area contributed by atoms with Gasteiger partial charge in [-0.3, -0.25) is 4.79 Å². The van der Waals surface area contributed by atoms with Crippen molar-refractivity contribution in [2.75, 3.05) is 38.3 Å². The van der Waals surface area contributed by atoms with E-state index in [-0.39, 0.29) is 32.9 Å². The number of aromatic nitrogens is 2. The third-order valence-electron chi connectivity index (χ3n) is 6.34. The van der Waals surface area contributed by atoms with E-state index >= 15 is 0 Å². The number of fused-ring (bicyclic) bond motifs is 2. The molecule has 8 nitrogen and oxygen atoms in total. The van der Waals surface area contributed by atoms with Crippen LogP contribution in [-0.2, 0) is 29.0 Å². The number of rotatable bonds is 3. The third-order valence-corrected chi connectivity index (χ3v) is 9.62. The molecule has 2 aromatic heterocycles. The Morgan fingerprint density at radius 2 is 1.89 bits per heavy atom. The quantitative estimate of drug-likeness (QED) is 0.496. The molecule has 2 aliphatic heterocycles. The monoisotopic (exact) mass is 571 g/mol. The van der Waals surface area contributed by atoms with Crippen LogP contribution in [0, 0.1) is 0 Å². The van der Waals surface area contributed by atoms with Crippen LogP contribution in [0.15, 0.2) is 29.3 Å². The molecule has 0 spiro atoms. The predicted molar refractivity (Wildman–Crippen MR) is 134 cm³/mol. The molecule has 0 atom stereocenters. The van der Waals surface area contributed by atoms with Crippen molar-refractivity contribution in [3.63, 3.8) is 0 Å². The zero-order valence-electron chi connectivity index (χ0n) is 19.7. The van der Waals surface area contributed by atoms with Gasteiger partial charge in [-0.15, -0.1) is 11.3 Å². The number of hydrogen-bond acceptors (Lipinski definition) is 8. The van der Waals surface area contributed by atoms with Gasteiger partial charge in [0.15, 0.2) is 9.84 Å². The average molecular weight is 572 g/mol. The summed E-state index contributed by atoms with van der Waals surface area (Å²) in [6.45, 7) is 1.57. The first-order valence-electron chi connectivity index (χ1n) is 11.2. The standard InChI is InChI=1S/C23H21ClF3N5O3S2/c1-31-4-3-12-7-15(24)16(8-13(12)11-31)29-22-28-10-14(23(25,26)27)19(30-22)17-9-18-20(36-17)21(33)32(2)5-6-37(18,34)35/h7-10H,3-6,11H2,1-2H3,(H,28,29,30). The van der Waals surface area contributed by atoms with Gasteiger partial charge in [-0.05, 0) is 42.8 Å². The number of amides is 1. The maximum absolute atomic E-state index is 13.9. The molecule has 0 radical (unpaired) electrons. The molecule has 4 heterocycles. The molecule has 0 bridgehead atoms. The molecule has 0 saturated carbocycles. The van der Waals surface area contributed by atoms with Gasteiger partial charge in [-0.25, -0.2) is 18.4 Å². The van der Waals surface area contributed by atoms with Crippen molar-refractivity contribution < 1.29 is 26.4 Å². The van der Waals surface area contributed by atoms with Gasteiger partial charge in [0.25, 0.3) is 5.91 Å². The van der Waals surface area contributed by atoms with Crippen molar-refractivity contribution in [3.05, 3.63) is 51.0 Å². The van der Waals surface area contributed by atoms with E-state index in [1.165, 1.54) is 11.9 Å². The van der Waals surface area contributed by atoms with Crippen LogP contribution in [-0.4, -0.2) is 67.0 Å². The summed E-state index contributed by atoms with van der Waals surface area (Å²) in [5, 5.41) is 3.27. The van der Waals surface area contributed by atoms with Crippen molar-refractivity contribution in [2.24, 2.45) is 0 Å². The second kappa shape index (κ2) is 9.22. The number of thiophene rings is 1. The van der Waals surface area contributed by atoms with Crippen LogP contribution in [0.1, 0.15) is 26.4 Å². The van der Waals surface area contributed by atoms with Gasteiger partial charge in [0.05, 0.1) is 31.9 Å². The number of anilines is 2. The maximum atomic E-state index is 13.9. The Kier molecular flexibility index (Phi) is 6.45. The zero-order valence-corrected chi connectivity index (χ0v) is 22.1. The number of likely N-dealkylation sites (N-methyl/N-ethyl adjacent to an activating group) is 1. The van der Waals surface area contributed by atoms with Gasteiger partial charge in [0.2, 0.25) is 5.95 Å². The molecule has 3 aromatic rings. The highest BCUT2D eigenvalue weighted by Gasteiger charge is 2.38. The van der Waals surface area contributed by atoms with Crippen LogP contribution < -0.4 is 5.32 Å². The Balaban J connectivity index is 1.60. The maximum Gasteiger partial charge on any atom is 0.420 e. The van der Waals surface area contributed by atoms with Crippen LogP contribution in [0.5, 0.6) is 0 Å². The van der Waals surface area contributed by atoms with E-state index in [1.807, 2.05) is 19.2 Å². The number of benzene rings is 1. The minimum atomic E-state index is -4.82. The number of hydrogen-bond donors (Lipinski definition) is 1. The van der Waals surface area contributed by atoms with Crippen molar-refractivity contribution >= 4 is 50.3 Å². The zero-order chi connectivity index (χ0) is 26.7. The number of carbonyl (C=O) groups is 1. The van der Waals surface area contributed by atoms with E-state index in [9.17, 15) is 26.4 Å². The van der Waals surface area contributed by atoms with Crippen molar-refractivity contribution in [3.8, 4) is 10.6 Å². The van der Waals surface area contributed by atoms with Crippen LogP contribution in [0.4, 0.5) is 24.8 Å². The topological polar surface area (TPSA) is 95.5 Å². The molecule has 0 saturated heterocycles. The highest BCUT2D eigenvalue weighted by atomic mass is 35.5. The van der Waals surface area contributed by atoms with Crippen LogP contribution >= 0.6 is 22.9 Å². The van der Waals surface area contributed by atoms with E-state index in [1.54, 1.807) is 0 Å². The fourth-order valence-electron chi connectivity index (χ4n) is 4.29. The Hall–Kier alpha value is -2.74. The molecule has 0 unspecified atom stereocenters. The van der Waals surface area contributed by atoms with E-state index in [0.29, 0.717) is 34.8 Å². The van der Waals surface area contributed by atoms with Crippen molar-refractivity contribution in [2.45, 2.75) is 24.0 Å². The highest BCUT2D eigenvalue weighted by Crippen LogP contribution is 2.42. The minimum Gasteiger partial charge on any atom is -0.340 e. The van der Waals surface area contributed by atoms with Gasteiger partial charge < -0.3 is 15.1 Å². The lowest BCUT2D eigenvalue weighted by Gasteiger charge is -2.26. The Morgan fingerprint density at radius 3 is 2.62 bits per heavy atom. The summed E-state index contributed by atoms with van der Waals surface area (Å²) in [6.07, 6.45) is -3.35. The van der Waals surface area contributed by atoms with E-state index in [4.69, 9.17) is 11.6 Å². The van der Waals surface area contributed by atoms with Gasteiger partial charge in [0, 0.05) is 32.9 Å². The minimum absolute atomic E-state index is 0.00932. The molecular weight excluding hydrogens is 551 g/mol. The van der Waals surface area contributed by atoms with E-state index < -0.39 is 33.2 Å². The third kappa shape index (κ3) is 4.92. The van der Waals surface area contributed by atoms with Gasteiger partial charge >= 0.3 is 6.18 Å². The molecule has 1 amide bonds. The Morgan fingerprint density at radius 1 is 1.14 bits per heavy atom. The van der Waals surface area contributed by atoms with Crippen LogP contribution in [0.25, 0.3) is 10.6 Å². The number of alkyl halides is 3. The summed E-state index contributed by atoms with van der Waals surface area (Å²) >= 11 is 7.10. The van der Waals surface area contributed by atoms with Crippen molar-refractivity contribution in [1.82, 2.24) is 19.8 Å². The molecule has 196 valence electrons. The average Bonchev–Trinajstić information content (AvgIpc) is 3.26. The van der Waals surface area contributed by atoms with E-state index in [0.717, 1.165) is 30.2 Å². The van der Waals surface area contributed by atoms with E-state index in [2.05, 4.69) is 20.2 Å². The van der Waals surface area contributed by atoms with Gasteiger partial charge in [-0.2, -0.15) is 13.2 Å². The first-order valence-corrected chi connectivity index (χ1v) is 14.0. The second-order valence-electron chi connectivity index (χ2n) is 9.02. The van der Waals surface area contributed by atoms with Crippen LogP contribution in [0.2, 0.25) is 5.02 Å². The number of nitrogens with one attached hydrogen (secondary N) is 1. The molecule has 0 fully saturated rings. The fourth-order valence-corrected chi connectivity index (χ4v) is 7.55. The fraction of sp³-hybridized carbons (Fsp3) is 0.348. The Bertz CT molecular complexity index is 1520. The molecule has 5 rings (SSSR count). The highest BCUT2D eigenvalue weighted by molar-refractivity contribution is 7.91.